The van der Waals surface area contributed by atoms with Gasteiger partial charge in [-0.15, -0.1) is 0 Å². The Bertz CT molecular complexity index is 1090. The Labute approximate surface area is 149 Å². The number of fused-ring (bicyclic) bond motifs is 3. The minimum Gasteiger partial charge on any atom is -0.354 e. The van der Waals surface area contributed by atoms with Gasteiger partial charge in [0.25, 0.3) is 0 Å². The number of rotatable bonds is 2. The molecule has 0 aliphatic carbocycles. The quantitative estimate of drug-likeness (QED) is 0.428. The molecule has 0 unspecified atom stereocenters. The number of para-hydroxylation sites is 1. The van der Waals surface area contributed by atoms with Crippen LogP contribution in [0.4, 0.5) is 16.2 Å². The lowest BCUT2D eigenvalue weighted by Crippen LogP contribution is -2.19. The lowest BCUT2D eigenvalue weighted by atomic mass is 10.1. The average Bonchev–Trinajstić information content (AvgIpc) is 2.99. The minimum absolute atomic E-state index is 0.300. The number of urea groups is 1. The number of anilines is 2. The largest absolute Gasteiger partial charge is 0.354 e. The van der Waals surface area contributed by atoms with Gasteiger partial charge in [0.2, 0.25) is 0 Å². The first-order valence-corrected chi connectivity index (χ1v) is 8.19. The summed E-state index contributed by atoms with van der Waals surface area (Å²) in [7, 11) is 0. The van der Waals surface area contributed by atoms with E-state index in [1.54, 1.807) is 6.20 Å². The Kier molecular flexibility index (Phi) is 3.78. The fourth-order valence-electron chi connectivity index (χ4n) is 2.88. The van der Waals surface area contributed by atoms with Crippen molar-refractivity contribution in [1.82, 2.24) is 9.97 Å². The van der Waals surface area contributed by atoms with Crippen LogP contribution in [-0.4, -0.2) is 16.0 Å². The number of amides is 2. The molecule has 4 aromatic rings. The Morgan fingerprint density at radius 1 is 1.08 bits per heavy atom. The molecule has 0 fully saturated rings. The smallest absolute Gasteiger partial charge is 0.323 e. The first-order chi connectivity index (χ1) is 12.1. The zero-order valence-corrected chi connectivity index (χ0v) is 14.2. The maximum absolute atomic E-state index is 12.2. The number of halogens is 1. The highest BCUT2D eigenvalue weighted by Crippen LogP contribution is 2.33. The van der Waals surface area contributed by atoms with Crippen LogP contribution in [0.15, 0.2) is 54.7 Å². The molecule has 2 amide bonds. The molecule has 3 N–H and O–H groups in total. The summed E-state index contributed by atoms with van der Waals surface area (Å²) in [4.78, 5) is 19.7. The Hall–Kier alpha value is -3.05. The third-order valence-electron chi connectivity index (χ3n) is 4.06. The molecule has 0 saturated heterocycles. The standard InChI is InChI=1S/C19H15ClN4O/c1-11-10-21-18(20)16-14-9-13(7-8-15(14)24-17(11)16)23-19(25)22-12-5-3-2-4-6-12/h2-10,24H,1H3,(H2,22,23,25). The van der Waals surface area contributed by atoms with Crippen molar-refractivity contribution in [3.8, 4) is 0 Å². The molecular formula is C19H15ClN4O. The zero-order chi connectivity index (χ0) is 17.4. The molecule has 2 aromatic carbocycles. The number of hydrogen-bond donors (Lipinski definition) is 3. The second-order valence-corrected chi connectivity index (χ2v) is 6.17. The molecule has 0 radical (unpaired) electrons. The number of nitrogens with zero attached hydrogens (tertiary/aromatic N) is 1. The predicted molar refractivity (Wildman–Crippen MR) is 102 cm³/mol. The van der Waals surface area contributed by atoms with Crippen LogP contribution in [0.1, 0.15) is 5.56 Å². The average molecular weight is 351 g/mol. The first-order valence-electron chi connectivity index (χ1n) is 7.81. The van der Waals surface area contributed by atoms with Crippen LogP contribution in [0.25, 0.3) is 21.8 Å². The summed E-state index contributed by atoms with van der Waals surface area (Å²) in [5, 5.41) is 7.87. The SMILES string of the molecule is Cc1cnc(Cl)c2c1[nH]c1ccc(NC(=O)Nc3ccccc3)cc12. The topological polar surface area (TPSA) is 69.8 Å². The molecule has 4 rings (SSSR count). The van der Waals surface area contributed by atoms with Gasteiger partial charge in [0.05, 0.1) is 5.52 Å². The van der Waals surface area contributed by atoms with E-state index in [2.05, 4.69) is 20.6 Å². The van der Waals surface area contributed by atoms with Crippen LogP contribution >= 0.6 is 11.6 Å². The molecule has 2 aromatic heterocycles. The van der Waals surface area contributed by atoms with Crippen molar-refractivity contribution >= 4 is 50.8 Å². The Morgan fingerprint density at radius 3 is 2.64 bits per heavy atom. The van der Waals surface area contributed by atoms with E-state index in [0.717, 1.165) is 33.1 Å². The van der Waals surface area contributed by atoms with Crippen LogP contribution in [-0.2, 0) is 0 Å². The van der Waals surface area contributed by atoms with Crippen molar-refractivity contribution in [2.75, 3.05) is 10.6 Å². The third-order valence-corrected chi connectivity index (χ3v) is 4.35. The Morgan fingerprint density at radius 2 is 1.84 bits per heavy atom. The second kappa shape index (κ2) is 6.11. The minimum atomic E-state index is -0.300. The van der Waals surface area contributed by atoms with Gasteiger partial charge in [-0.25, -0.2) is 9.78 Å². The summed E-state index contributed by atoms with van der Waals surface area (Å²) in [6.45, 7) is 1.98. The highest BCUT2D eigenvalue weighted by molar-refractivity contribution is 6.37. The second-order valence-electron chi connectivity index (χ2n) is 5.81. The summed E-state index contributed by atoms with van der Waals surface area (Å²) >= 11 is 6.28. The van der Waals surface area contributed by atoms with Crippen LogP contribution < -0.4 is 10.6 Å². The number of hydrogen-bond acceptors (Lipinski definition) is 2. The van der Waals surface area contributed by atoms with Gasteiger partial charge in [-0.2, -0.15) is 0 Å². The van der Waals surface area contributed by atoms with Gasteiger partial charge >= 0.3 is 6.03 Å². The number of benzene rings is 2. The number of carbonyl (C=O) groups excluding carboxylic acids is 1. The van der Waals surface area contributed by atoms with Gasteiger partial charge in [-0.05, 0) is 42.8 Å². The first kappa shape index (κ1) is 15.5. The molecule has 0 aliphatic heterocycles. The number of aromatic amines is 1. The number of pyridine rings is 1. The fourth-order valence-corrected chi connectivity index (χ4v) is 3.12. The van der Waals surface area contributed by atoms with Crippen molar-refractivity contribution in [2.45, 2.75) is 6.92 Å². The van der Waals surface area contributed by atoms with Crippen molar-refractivity contribution in [3.05, 3.63) is 65.4 Å². The van der Waals surface area contributed by atoms with E-state index in [1.165, 1.54) is 0 Å². The van der Waals surface area contributed by atoms with E-state index >= 15 is 0 Å². The van der Waals surface area contributed by atoms with E-state index in [-0.39, 0.29) is 6.03 Å². The highest BCUT2D eigenvalue weighted by Gasteiger charge is 2.12. The maximum Gasteiger partial charge on any atom is 0.323 e. The highest BCUT2D eigenvalue weighted by atomic mass is 35.5. The van der Waals surface area contributed by atoms with Crippen LogP contribution in [0.3, 0.4) is 0 Å². The molecule has 0 aliphatic rings. The molecule has 5 nitrogen and oxygen atoms in total. The van der Waals surface area contributed by atoms with Crippen LogP contribution in [0.2, 0.25) is 5.15 Å². The fraction of sp³-hybridized carbons (Fsp3) is 0.0526. The van der Waals surface area contributed by atoms with E-state index in [4.69, 9.17) is 11.6 Å². The molecule has 25 heavy (non-hydrogen) atoms. The zero-order valence-electron chi connectivity index (χ0n) is 13.4. The van der Waals surface area contributed by atoms with Gasteiger partial charge in [0, 0.05) is 33.9 Å². The molecule has 2 heterocycles. The summed E-state index contributed by atoms with van der Waals surface area (Å²) in [5.41, 5.74) is 4.34. The van der Waals surface area contributed by atoms with Crippen molar-refractivity contribution in [3.63, 3.8) is 0 Å². The number of aryl methyl sites for hydroxylation is 1. The van der Waals surface area contributed by atoms with Crippen LogP contribution in [0, 0.1) is 6.92 Å². The summed E-state index contributed by atoms with van der Waals surface area (Å²) < 4.78 is 0. The lowest BCUT2D eigenvalue weighted by Gasteiger charge is -2.07. The monoisotopic (exact) mass is 350 g/mol. The summed E-state index contributed by atoms with van der Waals surface area (Å²) in [6, 6.07) is 14.6. The summed E-state index contributed by atoms with van der Waals surface area (Å²) in [6.07, 6.45) is 1.74. The normalized spacial score (nSPS) is 11.0. The van der Waals surface area contributed by atoms with E-state index in [9.17, 15) is 4.79 Å². The molecule has 0 spiro atoms. The van der Waals surface area contributed by atoms with Crippen molar-refractivity contribution in [1.29, 1.82) is 0 Å². The molecule has 124 valence electrons. The van der Waals surface area contributed by atoms with Crippen molar-refractivity contribution < 1.29 is 4.79 Å². The van der Waals surface area contributed by atoms with Crippen molar-refractivity contribution in [2.24, 2.45) is 0 Å². The lowest BCUT2D eigenvalue weighted by molar-refractivity contribution is 0.262. The predicted octanol–water partition coefficient (Wildman–Crippen LogP) is 5.32. The maximum atomic E-state index is 12.2. The number of nitrogens with one attached hydrogen (secondary N) is 3. The van der Waals surface area contributed by atoms with Crippen LogP contribution in [0.5, 0.6) is 0 Å². The van der Waals surface area contributed by atoms with E-state index in [1.807, 2.05) is 55.5 Å². The number of aromatic nitrogens is 2. The van der Waals surface area contributed by atoms with Gasteiger partial charge in [0.15, 0.2) is 0 Å². The van der Waals surface area contributed by atoms with Gasteiger partial charge in [-0.3, -0.25) is 0 Å². The summed E-state index contributed by atoms with van der Waals surface area (Å²) in [5.74, 6) is 0. The van der Waals surface area contributed by atoms with Gasteiger partial charge < -0.3 is 15.6 Å². The number of H-pyrrole nitrogens is 1. The molecule has 0 bridgehead atoms. The van der Waals surface area contributed by atoms with E-state index < -0.39 is 0 Å². The van der Waals surface area contributed by atoms with Gasteiger partial charge in [0.1, 0.15) is 5.15 Å². The number of carbonyl (C=O) groups is 1. The molecule has 6 heteroatoms. The molecule has 0 atom stereocenters. The van der Waals surface area contributed by atoms with E-state index in [0.29, 0.717) is 10.8 Å². The molecular weight excluding hydrogens is 336 g/mol. The third kappa shape index (κ3) is 2.90. The molecule has 0 saturated carbocycles. The van der Waals surface area contributed by atoms with Gasteiger partial charge in [-0.1, -0.05) is 29.8 Å². The Balaban J connectivity index is 1.68.